The Morgan fingerprint density at radius 2 is 1.71 bits per heavy atom. The number of nitrogens with one attached hydrogen (secondary N) is 1. The molecule has 0 aromatic rings. The van der Waals surface area contributed by atoms with E-state index in [0.29, 0.717) is 13.1 Å². The van der Waals surface area contributed by atoms with Gasteiger partial charge in [-0.15, -0.1) is 0 Å². The van der Waals surface area contributed by atoms with Crippen molar-refractivity contribution < 1.29 is 8.42 Å². The summed E-state index contributed by atoms with van der Waals surface area (Å²) in [4.78, 5) is 0. The summed E-state index contributed by atoms with van der Waals surface area (Å²) < 4.78 is 27.8. The molecule has 0 aliphatic carbocycles. The van der Waals surface area contributed by atoms with Crippen molar-refractivity contribution in [2.75, 3.05) is 13.1 Å². The highest BCUT2D eigenvalue weighted by Crippen LogP contribution is 2.12. The monoisotopic (exact) mass is 220 g/mol. The van der Waals surface area contributed by atoms with Crippen LogP contribution in [0.3, 0.4) is 0 Å². The summed E-state index contributed by atoms with van der Waals surface area (Å²) in [5, 5.41) is 0. The lowest BCUT2D eigenvalue weighted by Crippen LogP contribution is -2.43. The highest BCUT2D eigenvalue weighted by Gasteiger charge is 2.26. The van der Waals surface area contributed by atoms with Crippen molar-refractivity contribution >= 4 is 10.2 Å². The van der Waals surface area contributed by atoms with Crippen molar-refractivity contribution in [3.05, 3.63) is 0 Å². The Morgan fingerprint density at radius 3 is 2.14 bits per heavy atom. The average molecular weight is 220 g/mol. The summed E-state index contributed by atoms with van der Waals surface area (Å²) >= 11 is 0. The molecule has 1 fully saturated rings. The Kier molecular flexibility index (Phi) is 4.34. The molecule has 0 spiro atoms. The van der Waals surface area contributed by atoms with Gasteiger partial charge in [-0.3, -0.25) is 0 Å². The fraction of sp³-hybridized carbons (Fsp3) is 1.00. The van der Waals surface area contributed by atoms with Gasteiger partial charge in [0.15, 0.2) is 0 Å². The topological polar surface area (TPSA) is 49.4 Å². The van der Waals surface area contributed by atoms with Crippen LogP contribution in [-0.2, 0) is 10.2 Å². The molecule has 0 radical (unpaired) electrons. The second-order valence-corrected chi connectivity index (χ2v) is 5.44. The molecule has 0 unspecified atom stereocenters. The van der Waals surface area contributed by atoms with Crippen LogP contribution in [0.4, 0.5) is 0 Å². The predicted molar refractivity (Wildman–Crippen MR) is 57.2 cm³/mol. The summed E-state index contributed by atoms with van der Waals surface area (Å²) in [6.07, 6.45) is 3.68. The lowest BCUT2D eigenvalue weighted by molar-refractivity contribution is 0.445. The van der Waals surface area contributed by atoms with Gasteiger partial charge >= 0.3 is 0 Å². The number of rotatable bonds is 5. The molecule has 14 heavy (non-hydrogen) atoms. The van der Waals surface area contributed by atoms with E-state index in [1.165, 1.54) is 0 Å². The molecule has 1 rings (SSSR count). The minimum absolute atomic E-state index is 0.0839. The fourth-order valence-corrected chi connectivity index (χ4v) is 3.31. The zero-order chi connectivity index (χ0) is 10.6. The van der Waals surface area contributed by atoms with E-state index in [1.54, 1.807) is 4.31 Å². The summed E-state index contributed by atoms with van der Waals surface area (Å²) in [6, 6.07) is 0.0839. The third-order valence-electron chi connectivity index (χ3n) is 2.71. The van der Waals surface area contributed by atoms with Crippen molar-refractivity contribution in [3.63, 3.8) is 0 Å². The highest BCUT2D eigenvalue weighted by molar-refractivity contribution is 7.87. The number of hydrogen-bond acceptors (Lipinski definition) is 2. The number of hydrogen-bond donors (Lipinski definition) is 1. The first-order valence-corrected chi connectivity index (χ1v) is 6.81. The van der Waals surface area contributed by atoms with Crippen LogP contribution in [-0.4, -0.2) is 31.9 Å². The fourth-order valence-electron chi connectivity index (χ4n) is 1.67. The molecule has 0 atom stereocenters. The van der Waals surface area contributed by atoms with Crippen molar-refractivity contribution in [1.82, 2.24) is 9.03 Å². The van der Waals surface area contributed by atoms with Crippen molar-refractivity contribution in [2.45, 2.75) is 45.6 Å². The average Bonchev–Trinajstić information content (AvgIpc) is 2.67. The van der Waals surface area contributed by atoms with Crippen LogP contribution >= 0.6 is 0 Å². The van der Waals surface area contributed by atoms with Crippen LogP contribution in [0.5, 0.6) is 0 Å². The molecule has 0 bridgehead atoms. The van der Waals surface area contributed by atoms with Crippen LogP contribution in [0.1, 0.15) is 39.5 Å². The van der Waals surface area contributed by atoms with E-state index in [9.17, 15) is 8.42 Å². The van der Waals surface area contributed by atoms with Gasteiger partial charge in [-0.25, -0.2) is 0 Å². The second kappa shape index (κ2) is 5.09. The first kappa shape index (κ1) is 11.9. The molecule has 5 heteroatoms. The molecule has 1 aliphatic heterocycles. The maximum absolute atomic E-state index is 11.8. The van der Waals surface area contributed by atoms with E-state index in [2.05, 4.69) is 4.72 Å². The summed E-state index contributed by atoms with van der Waals surface area (Å²) in [7, 11) is -3.20. The molecule has 0 aromatic carbocycles. The van der Waals surface area contributed by atoms with Gasteiger partial charge in [0.05, 0.1) is 0 Å². The van der Waals surface area contributed by atoms with Crippen molar-refractivity contribution in [1.29, 1.82) is 0 Å². The van der Waals surface area contributed by atoms with E-state index < -0.39 is 10.2 Å². The summed E-state index contributed by atoms with van der Waals surface area (Å²) in [5.74, 6) is 0. The van der Waals surface area contributed by atoms with Crippen LogP contribution in [0.15, 0.2) is 0 Å². The number of nitrogens with zero attached hydrogens (tertiary/aromatic N) is 1. The molecule has 4 nitrogen and oxygen atoms in total. The molecule has 0 amide bonds. The van der Waals surface area contributed by atoms with E-state index in [0.717, 1.165) is 25.7 Å². The van der Waals surface area contributed by atoms with Crippen molar-refractivity contribution in [3.8, 4) is 0 Å². The maximum atomic E-state index is 11.8. The first-order valence-electron chi connectivity index (χ1n) is 5.37. The largest absolute Gasteiger partial charge is 0.279 e. The molecule has 0 aromatic heterocycles. The Hall–Kier alpha value is -0.130. The van der Waals surface area contributed by atoms with E-state index >= 15 is 0 Å². The Balaban J connectivity index is 2.56. The third kappa shape index (κ3) is 2.93. The lowest BCUT2D eigenvalue weighted by atomic mass is 10.2. The van der Waals surface area contributed by atoms with E-state index in [-0.39, 0.29) is 6.04 Å². The van der Waals surface area contributed by atoms with Gasteiger partial charge in [0.25, 0.3) is 10.2 Å². The van der Waals surface area contributed by atoms with Gasteiger partial charge < -0.3 is 0 Å². The minimum atomic E-state index is -3.20. The summed E-state index contributed by atoms with van der Waals surface area (Å²) in [6.45, 7) is 5.35. The molecule has 1 N–H and O–H groups in total. The second-order valence-electron chi connectivity index (χ2n) is 3.74. The first-order chi connectivity index (χ1) is 6.60. The smallest absolute Gasteiger partial charge is 0.199 e. The van der Waals surface area contributed by atoms with Gasteiger partial charge in [0, 0.05) is 19.1 Å². The van der Waals surface area contributed by atoms with Gasteiger partial charge in [-0.1, -0.05) is 13.8 Å². The quantitative estimate of drug-likeness (QED) is 0.754. The normalized spacial score (nSPS) is 19.4. The third-order valence-corrected chi connectivity index (χ3v) is 4.38. The van der Waals surface area contributed by atoms with Gasteiger partial charge in [0.2, 0.25) is 0 Å². The Labute approximate surface area is 86.9 Å². The minimum Gasteiger partial charge on any atom is -0.199 e. The zero-order valence-corrected chi connectivity index (χ0v) is 9.81. The molecule has 1 aliphatic rings. The van der Waals surface area contributed by atoms with Gasteiger partial charge in [0.1, 0.15) is 0 Å². The SMILES string of the molecule is CCC(CC)NS(=O)(=O)N1CCCC1. The highest BCUT2D eigenvalue weighted by atomic mass is 32.2. The van der Waals surface area contributed by atoms with Gasteiger partial charge in [-0.2, -0.15) is 17.4 Å². The van der Waals surface area contributed by atoms with Crippen LogP contribution in [0.25, 0.3) is 0 Å². The molecular weight excluding hydrogens is 200 g/mol. The molecule has 0 saturated carbocycles. The standard InChI is InChI=1S/C9H20N2O2S/c1-3-9(4-2)10-14(12,13)11-7-5-6-8-11/h9-10H,3-8H2,1-2H3. The Bertz CT molecular complexity index is 254. The molecule has 1 saturated heterocycles. The zero-order valence-electron chi connectivity index (χ0n) is 8.99. The maximum Gasteiger partial charge on any atom is 0.279 e. The van der Waals surface area contributed by atoms with E-state index in [4.69, 9.17) is 0 Å². The molecule has 1 heterocycles. The molecular formula is C9H20N2O2S. The Morgan fingerprint density at radius 1 is 1.21 bits per heavy atom. The lowest BCUT2D eigenvalue weighted by Gasteiger charge is -2.20. The summed E-state index contributed by atoms with van der Waals surface area (Å²) in [5.41, 5.74) is 0. The predicted octanol–water partition coefficient (Wildman–Crippen LogP) is 1.11. The van der Waals surface area contributed by atoms with E-state index in [1.807, 2.05) is 13.8 Å². The van der Waals surface area contributed by atoms with Crippen LogP contribution < -0.4 is 4.72 Å². The molecule has 84 valence electrons. The van der Waals surface area contributed by atoms with Crippen LogP contribution in [0, 0.1) is 0 Å². The van der Waals surface area contributed by atoms with Crippen molar-refractivity contribution in [2.24, 2.45) is 0 Å². The van der Waals surface area contributed by atoms with Crippen LogP contribution in [0.2, 0.25) is 0 Å². The van der Waals surface area contributed by atoms with Gasteiger partial charge in [-0.05, 0) is 25.7 Å².